The molecule has 1 saturated heterocycles. The van der Waals surface area contributed by atoms with Gasteiger partial charge in [-0.15, -0.1) is 0 Å². The second-order valence-electron chi connectivity index (χ2n) is 5.51. The first-order valence-electron chi connectivity index (χ1n) is 7.48. The van der Waals surface area contributed by atoms with Gasteiger partial charge in [0.1, 0.15) is 0 Å². The number of aliphatic hydroxyl groups is 1. The van der Waals surface area contributed by atoms with E-state index in [4.69, 9.17) is 10.5 Å². The summed E-state index contributed by atoms with van der Waals surface area (Å²) in [6.07, 6.45) is 4.21. The molecule has 116 valence electrons. The summed E-state index contributed by atoms with van der Waals surface area (Å²) in [5.74, 6) is -0.390. The molecule has 1 unspecified atom stereocenters. The zero-order chi connectivity index (χ0) is 15.2. The van der Waals surface area contributed by atoms with Crippen LogP contribution in [0.2, 0.25) is 0 Å². The number of esters is 1. The van der Waals surface area contributed by atoms with Crippen molar-refractivity contribution in [1.29, 1.82) is 0 Å². The summed E-state index contributed by atoms with van der Waals surface area (Å²) in [6, 6.07) is 5.88. The van der Waals surface area contributed by atoms with Crippen LogP contribution in [-0.4, -0.2) is 42.3 Å². The quantitative estimate of drug-likeness (QED) is 0.639. The number of nitrogens with two attached hydrogens (primary N) is 1. The largest absolute Gasteiger partial charge is 0.465 e. The number of ether oxygens (including phenoxy) is 1. The molecular weight excluding hydrogens is 268 g/mol. The maximum Gasteiger partial charge on any atom is 0.340 e. The van der Waals surface area contributed by atoms with E-state index in [0.29, 0.717) is 23.8 Å². The molecule has 1 aromatic carbocycles. The molecule has 0 bridgehead atoms. The van der Waals surface area contributed by atoms with Crippen molar-refractivity contribution in [3.8, 4) is 0 Å². The molecule has 1 aromatic rings. The number of aliphatic hydroxyl groups excluding tert-OH is 1. The fourth-order valence-electron chi connectivity index (χ4n) is 3.07. The van der Waals surface area contributed by atoms with Crippen LogP contribution in [0.4, 0.5) is 5.69 Å². The Morgan fingerprint density at radius 2 is 2.29 bits per heavy atom. The van der Waals surface area contributed by atoms with Gasteiger partial charge in [0.05, 0.1) is 12.7 Å². The summed E-state index contributed by atoms with van der Waals surface area (Å²) < 4.78 is 4.84. The fraction of sp³-hybridized carbons (Fsp3) is 0.562. The molecule has 1 heterocycles. The molecule has 1 fully saturated rings. The van der Waals surface area contributed by atoms with Crippen LogP contribution in [0.5, 0.6) is 0 Å². The summed E-state index contributed by atoms with van der Waals surface area (Å²) in [4.78, 5) is 14.3. The minimum atomic E-state index is -0.390. The first-order chi connectivity index (χ1) is 10.2. The van der Waals surface area contributed by atoms with E-state index in [2.05, 4.69) is 4.90 Å². The molecular formula is C16H24N2O3. The van der Waals surface area contributed by atoms with Crippen LogP contribution in [0.25, 0.3) is 0 Å². The number of piperidine rings is 1. The molecule has 0 spiro atoms. The first kappa shape index (κ1) is 15.8. The highest BCUT2D eigenvalue weighted by Crippen LogP contribution is 2.25. The number of anilines is 1. The highest BCUT2D eigenvalue weighted by atomic mass is 16.5. The van der Waals surface area contributed by atoms with Gasteiger partial charge in [-0.1, -0.05) is 18.6 Å². The van der Waals surface area contributed by atoms with E-state index in [1.54, 1.807) is 6.07 Å². The molecule has 21 heavy (non-hydrogen) atoms. The molecule has 2 rings (SSSR count). The molecule has 0 saturated carbocycles. The number of hydrogen-bond donors (Lipinski definition) is 2. The van der Waals surface area contributed by atoms with Gasteiger partial charge in [0.25, 0.3) is 0 Å². The molecule has 5 heteroatoms. The molecule has 0 amide bonds. The van der Waals surface area contributed by atoms with Crippen LogP contribution >= 0.6 is 0 Å². The van der Waals surface area contributed by atoms with Crippen LogP contribution in [0.1, 0.15) is 41.6 Å². The zero-order valence-corrected chi connectivity index (χ0v) is 12.5. The summed E-state index contributed by atoms with van der Waals surface area (Å²) >= 11 is 0. The molecule has 1 atom stereocenters. The topological polar surface area (TPSA) is 75.8 Å². The van der Waals surface area contributed by atoms with Crippen LogP contribution in [0.15, 0.2) is 18.2 Å². The van der Waals surface area contributed by atoms with Gasteiger partial charge in [-0.3, -0.25) is 4.90 Å². The third-order valence-electron chi connectivity index (χ3n) is 4.16. The van der Waals surface area contributed by atoms with Gasteiger partial charge < -0.3 is 15.6 Å². The summed E-state index contributed by atoms with van der Waals surface area (Å²) in [6.45, 7) is 1.85. The normalized spacial score (nSPS) is 19.4. The SMILES string of the molecule is COC(=O)c1c(N)cccc1CN1CCCCC1CCO. The highest BCUT2D eigenvalue weighted by molar-refractivity contribution is 5.96. The maximum atomic E-state index is 11.9. The number of carbonyl (C=O) groups is 1. The van der Waals surface area contributed by atoms with Crippen molar-refractivity contribution < 1.29 is 14.6 Å². The Morgan fingerprint density at radius 3 is 3.00 bits per heavy atom. The van der Waals surface area contributed by atoms with Crippen LogP contribution in [0.3, 0.4) is 0 Å². The summed E-state index contributed by atoms with van der Waals surface area (Å²) in [5, 5.41) is 9.21. The van der Waals surface area contributed by atoms with Gasteiger partial charge in [-0.25, -0.2) is 4.79 Å². The van der Waals surface area contributed by atoms with Crippen molar-refractivity contribution >= 4 is 11.7 Å². The lowest BCUT2D eigenvalue weighted by Crippen LogP contribution is -2.39. The predicted octanol–water partition coefficient (Wildman–Crippen LogP) is 1.79. The maximum absolute atomic E-state index is 11.9. The molecule has 0 aromatic heterocycles. The van der Waals surface area contributed by atoms with E-state index in [0.717, 1.165) is 31.4 Å². The van der Waals surface area contributed by atoms with Gasteiger partial charge >= 0.3 is 5.97 Å². The van der Waals surface area contributed by atoms with E-state index in [9.17, 15) is 9.90 Å². The lowest BCUT2D eigenvalue weighted by atomic mass is 9.97. The van der Waals surface area contributed by atoms with Crippen molar-refractivity contribution in [2.75, 3.05) is 26.0 Å². The monoisotopic (exact) mass is 292 g/mol. The van der Waals surface area contributed by atoms with E-state index in [1.807, 2.05) is 12.1 Å². The van der Waals surface area contributed by atoms with Crippen molar-refractivity contribution in [2.24, 2.45) is 0 Å². The number of nitrogen functional groups attached to an aromatic ring is 1. The second kappa shape index (κ2) is 7.43. The lowest BCUT2D eigenvalue weighted by molar-refractivity contribution is 0.0596. The summed E-state index contributed by atoms with van der Waals surface area (Å²) in [7, 11) is 1.37. The molecule has 1 aliphatic rings. The van der Waals surface area contributed by atoms with Crippen LogP contribution < -0.4 is 5.73 Å². The molecule has 0 radical (unpaired) electrons. The van der Waals surface area contributed by atoms with E-state index in [1.165, 1.54) is 13.5 Å². The third-order valence-corrected chi connectivity index (χ3v) is 4.16. The fourth-order valence-corrected chi connectivity index (χ4v) is 3.07. The van der Waals surface area contributed by atoms with Gasteiger partial charge in [-0.05, 0) is 37.4 Å². The number of carbonyl (C=O) groups excluding carboxylic acids is 1. The number of benzene rings is 1. The highest BCUT2D eigenvalue weighted by Gasteiger charge is 2.24. The third kappa shape index (κ3) is 3.74. The van der Waals surface area contributed by atoms with Crippen molar-refractivity contribution in [3.05, 3.63) is 29.3 Å². The van der Waals surface area contributed by atoms with Gasteiger partial charge in [0, 0.05) is 24.9 Å². The zero-order valence-electron chi connectivity index (χ0n) is 12.5. The van der Waals surface area contributed by atoms with Crippen molar-refractivity contribution in [1.82, 2.24) is 4.90 Å². The Bertz CT molecular complexity index is 488. The Labute approximate surface area is 125 Å². The number of hydrogen-bond acceptors (Lipinski definition) is 5. The van der Waals surface area contributed by atoms with Crippen molar-refractivity contribution in [3.63, 3.8) is 0 Å². The first-order valence-corrected chi connectivity index (χ1v) is 7.48. The second-order valence-corrected chi connectivity index (χ2v) is 5.51. The van der Waals surface area contributed by atoms with Crippen molar-refractivity contribution in [2.45, 2.75) is 38.3 Å². The van der Waals surface area contributed by atoms with Gasteiger partial charge in [-0.2, -0.15) is 0 Å². The number of methoxy groups -OCH3 is 1. The van der Waals surface area contributed by atoms with E-state index >= 15 is 0 Å². The Kier molecular flexibility index (Phi) is 5.59. The van der Waals surface area contributed by atoms with Crippen LogP contribution in [0, 0.1) is 0 Å². The van der Waals surface area contributed by atoms with Gasteiger partial charge in [0.15, 0.2) is 0 Å². The average Bonchev–Trinajstić information content (AvgIpc) is 2.49. The average molecular weight is 292 g/mol. The van der Waals surface area contributed by atoms with Gasteiger partial charge in [0.2, 0.25) is 0 Å². The number of nitrogens with zero attached hydrogens (tertiary/aromatic N) is 1. The minimum Gasteiger partial charge on any atom is -0.465 e. The van der Waals surface area contributed by atoms with E-state index in [-0.39, 0.29) is 12.6 Å². The Balaban J connectivity index is 2.21. The smallest absolute Gasteiger partial charge is 0.340 e. The molecule has 1 aliphatic heterocycles. The lowest BCUT2D eigenvalue weighted by Gasteiger charge is -2.35. The molecule has 5 nitrogen and oxygen atoms in total. The number of rotatable bonds is 5. The molecule has 0 aliphatic carbocycles. The number of likely N-dealkylation sites (tertiary alicyclic amines) is 1. The Morgan fingerprint density at radius 1 is 1.48 bits per heavy atom. The predicted molar refractivity (Wildman–Crippen MR) is 81.9 cm³/mol. The molecule has 3 N–H and O–H groups in total. The summed E-state index contributed by atoms with van der Waals surface area (Å²) in [5.41, 5.74) is 7.75. The standard InChI is InChI=1S/C16H24N2O3/c1-21-16(20)15-12(5-4-7-14(15)17)11-18-9-3-2-6-13(18)8-10-19/h4-5,7,13,19H,2-3,6,8-11,17H2,1H3. The Hall–Kier alpha value is -1.59. The minimum absolute atomic E-state index is 0.196. The van der Waals surface area contributed by atoms with E-state index < -0.39 is 0 Å². The van der Waals surface area contributed by atoms with Crippen LogP contribution in [-0.2, 0) is 11.3 Å².